The summed E-state index contributed by atoms with van der Waals surface area (Å²) in [6, 6.07) is 5.55. The number of halogens is 1. The fourth-order valence-electron chi connectivity index (χ4n) is 4.95. The zero-order chi connectivity index (χ0) is 26.9. The minimum Gasteiger partial charge on any atom is -0.485 e. The summed E-state index contributed by atoms with van der Waals surface area (Å²) in [4.78, 5) is 17.6. The van der Waals surface area contributed by atoms with Crippen molar-refractivity contribution in [3.05, 3.63) is 61.3 Å². The van der Waals surface area contributed by atoms with E-state index in [4.69, 9.17) is 4.74 Å². The quantitative estimate of drug-likeness (QED) is 0.437. The molecule has 4 rings (SSSR count). The van der Waals surface area contributed by atoms with Crippen LogP contribution in [-0.2, 0) is 21.4 Å². The number of nitrogens with one attached hydrogen (secondary N) is 1. The van der Waals surface area contributed by atoms with Gasteiger partial charge in [0.2, 0.25) is 10.0 Å². The normalized spacial score (nSPS) is 20.1. The number of ketones is 1. The SMILES string of the molecule is CCCC1CC(=O)C2=C(C1)NC(C)=C(C#N)C2c1cc(Br)c(OCc2cscn2)c(S(=O)(=O)N(C)C)c1. The van der Waals surface area contributed by atoms with Gasteiger partial charge in [0.05, 0.1) is 33.2 Å². The highest BCUT2D eigenvalue weighted by Crippen LogP contribution is 2.46. The number of sulfonamides is 1. The molecule has 0 spiro atoms. The van der Waals surface area contributed by atoms with E-state index in [1.807, 2.05) is 12.3 Å². The molecule has 8 nitrogen and oxygen atoms in total. The standard InChI is InChI=1S/C26H29BrN4O4S2/c1-5-6-16-7-21-25(22(32)8-16)24(19(11-28)15(2)30-21)17-9-20(27)26(35-12-18-13-36-14-29-18)23(10-17)37(33,34)31(3)4/h9-10,13-14,16,24,30H,5-8,12H2,1-4H3. The summed E-state index contributed by atoms with van der Waals surface area (Å²) in [6.07, 6.45) is 3.08. The molecule has 2 aromatic rings. The van der Waals surface area contributed by atoms with E-state index in [0.717, 1.165) is 29.3 Å². The second-order valence-electron chi connectivity index (χ2n) is 9.47. The molecule has 0 fully saturated rings. The molecule has 196 valence electrons. The number of thiazole rings is 1. The smallest absolute Gasteiger partial charge is 0.246 e. The number of allylic oxidation sites excluding steroid dienone is 4. The Morgan fingerprint density at radius 1 is 1.32 bits per heavy atom. The lowest BCUT2D eigenvalue weighted by Crippen LogP contribution is -2.34. The van der Waals surface area contributed by atoms with Crippen LogP contribution in [0.3, 0.4) is 0 Å². The Labute approximate surface area is 230 Å². The maximum absolute atomic E-state index is 13.4. The van der Waals surface area contributed by atoms with Gasteiger partial charge in [0.25, 0.3) is 0 Å². The van der Waals surface area contributed by atoms with E-state index >= 15 is 0 Å². The van der Waals surface area contributed by atoms with Gasteiger partial charge in [-0.25, -0.2) is 17.7 Å². The van der Waals surface area contributed by atoms with Crippen LogP contribution in [0.5, 0.6) is 5.75 Å². The van der Waals surface area contributed by atoms with Crippen LogP contribution in [0, 0.1) is 17.2 Å². The fraction of sp³-hybridized carbons (Fsp3) is 0.423. The predicted molar refractivity (Wildman–Crippen MR) is 145 cm³/mol. The molecule has 0 amide bonds. The van der Waals surface area contributed by atoms with Crippen LogP contribution in [0.1, 0.15) is 56.7 Å². The maximum atomic E-state index is 13.4. The molecule has 2 heterocycles. The number of Topliss-reactive ketones (excluding diaryl/α,β-unsaturated/α-hetero) is 1. The zero-order valence-electron chi connectivity index (χ0n) is 21.2. The third-order valence-corrected chi connectivity index (χ3v) is 9.75. The van der Waals surface area contributed by atoms with Crippen molar-refractivity contribution < 1.29 is 17.9 Å². The summed E-state index contributed by atoms with van der Waals surface area (Å²) in [6.45, 7) is 4.02. The predicted octanol–water partition coefficient (Wildman–Crippen LogP) is 5.25. The number of aromatic nitrogens is 1. The lowest BCUT2D eigenvalue weighted by Gasteiger charge is -2.35. The summed E-state index contributed by atoms with van der Waals surface area (Å²) in [5.74, 6) is -0.268. The number of rotatable bonds is 8. The molecule has 2 aliphatic rings. The topological polar surface area (TPSA) is 112 Å². The van der Waals surface area contributed by atoms with Crippen LogP contribution in [0.15, 0.2) is 54.9 Å². The maximum Gasteiger partial charge on any atom is 0.246 e. The van der Waals surface area contributed by atoms with Crippen LogP contribution >= 0.6 is 27.3 Å². The van der Waals surface area contributed by atoms with E-state index in [2.05, 4.69) is 39.2 Å². The second kappa shape index (κ2) is 11.1. The molecule has 11 heteroatoms. The van der Waals surface area contributed by atoms with Crippen molar-refractivity contribution in [3.8, 4) is 11.8 Å². The minimum absolute atomic E-state index is 0.00514. The number of hydrogen-bond donors (Lipinski definition) is 1. The van der Waals surface area contributed by atoms with Gasteiger partial charge in [-0.15, -0.1) is 11.3 Å². The molecule has 1 aromatic carbocycles. The first-order valence-electron chi connectivity index (χ1n) is 12.0. The summed E-state index contributed by atoms with van der Waals surface area (Å²) in [5.41, 5.74) is 5.35. The number of carbonyl (C=O) groups is 1. The van der Waals surface area contributed by atoms with E-state index in [1.54, 1.807) is 11.6 Å². The van der Waals surface area contributed by atoms with Gasteiger partial charge in [-0.1, -0.05) is 13.3 Å². The molecule has 1 aromatic heterocycles. The monoisotopic (exact) mass is 604 g/mol. The van der Waals surface area contributed by atoms with Crippen LogP contribution in [0.25, 0.3) is 0 Å². The zero-order valence-corrected chi connectivity index (χ0v) is 24.4. The first kappa shape index (κ1) is 27.5. The van der Waals surface area contributed by atoms with Crippen LogP contribution in [-0.4, -0.2) is 37.6 Å². The van der Waals surface area contributed by atoms with Gasteiger partial charge in [0.15, 0.2) is 11.5 Å². The Bertz CT molecular complexity index is 1420. The lowest BCUT2D eigenvalue weighted by molar-refractivity contribution is -0.117. The van der Waals surface area contributed by atoms with E-state index in [-0.39, 0.29) is 29.0 Å². The van der Waals surface area contributed by atoms with Crippen molar-refractivity contribution in [3.63, 3.8) is 0 Å². The number of ether oxygens (including phenoxy) is 1. The van der Waals surface area contributed by atoms with Crippen molar-refractivity contribution in [2.75, 3.05) is 14.1 Å². The molecule has 0 saturated heterocycles. The van der Waals surface area contributed by atoms with Crippen LogP contribution < -0.4 is 10.1 Å². The molecule has 2 atom stereocenters. The first-order valence-corrected chi connectivity index (χ1v) is 15.2. The Morgan fingerprint density at radius 2 is 2.08 bits per heavy atom. The summed E-state index contributed by atoms with van der Waals surface area (Å²) in [7, 11) is -1.03. The lowest BCUT2D eigenvalue weighted by atomic mass is 9.72. The van der Waals surface area contributed by atoms with Gasteiger partial charge < -0.3 is 10.1 Å². The molecule has 0 radical (unpaired) electrons. The average molecular weight is 606 g/mol. The van der Waals surface area contributed by atoms with Gasteiger partial charge in [-0.2, -0.15) is 5.26 Å². The molecule has 1 aliphatic heterocycles. The van der Waals surface area contributed by atoms with Crippen LogP contribution in [0.2, 0.25) is 0 Å². The molecule has 1 aliphatic carbocycles. The Hall–Kier alpha value is -2.52. The Kier molecular flexibility index (Phi) is 8.23. The summed E-state index contributed by atoms with van der Waals surface area (Å²) in [5, 5.41) is 15.2. The number of hydrogen-bond acceptors (Lipinski definition) is 8. The number of dihydropyridines is 1. The van der Waals surface area contributed by atoms with E-state index in [9.17, 15) is 18.5 Å². The van der Waals surface area contributed by atoms with Crippen molar-refractivity contribution in [1.29, 1.82) is 5.26 Å². The van der Waals surface area contributed by atoms with E-state index < -0.39 is 15.9 Å². The average Bonchev–Trinajstić information content (AvgIpc) is 3.35. The van der Waals surface area contributed by atoms with E-state index in [0.29, 0.717) is 39.0 Å². The molecule has 0 saturated carbocycles. The Morgan fingerprint density at radius 3 is 2.70 bits per heavy atom. The van der Waals surface area contributed by atoms with E-state index in [1.165, 1.54) is 31.5 Å². The van der Waals surface area contributed by atoms with Crippen molar-refractivity contribution in [1.82, 2.24) is 14.6 Å². The molecule has 1 N–H and O–H groups in total. The van der Waals surface area contributed by atoms with Gasteiger partial charge in [-0.05, 0) is 59.3 Å². The van der Waals surface area contributed by atoms with Crippen molar-refractivity contribution in [2.45, 2.75) is 57.0 Å². The molecular formula is C26H29BrN4O4S2. The van der Waals surface area contributed by atoms with Gasteiger partial charge >= 0.3 is 0 Å². The molecule has 0 bridgehead atoms. The summed E-state index contributed by atoms with van der Waals surface area (Å²) >= 11 is 4.94. The highest BCUT2D eigenvalue weighted by atomic mass is 79.9. The summed E-state index contributed by atoms with van der Waals surface area (Å²) < 4.78 is 34.3. The third kappa shape index (κ3) is 5.39. The Balaban J connectivity index is 1.87. The highest BCUT2D eigenvalue weighted by Gasteiger charge is 2.39. The molecular weight excluding hydrogens is 576 g/mol. The molecule has 37 heavy (non-hydrogen) atoms. The third-order valence-electron chi connectivity index (χ3n) is 6.70. The van der Waals surface area contributed by atoms with Gasteiger partial charge in [0.1, 0.15) is 11.5 Å². The molecule has 2 unspecified atom stereocenters. The van der Waals surface area contributed by atoms with Gasteiger partial charge in [0, 0.05) is 42.9 Å². The number of nitrogens with zero attached hydrogens (tertiary/aromatic N) is 3. The highest BCUT2D eigenvalue weighted by molar-refractivity contribution is 9.10. The number of carbonyl (C=O) groups excluding carboxylic acids is 1. The van der Waals surface area contributed by atoms with Crippen molar-refractivity contribution >= 4 is 43.1 Å². The largest absolute Gasteiger partial charge is 0.485 e. The number of benzene rings is 1. The fourth-order valence-corrected chi connectivity index (χ4v) is 7.30. The first-order chi connectivity index (χ1) is 17.6. The second-order valence-corrected chi connectivity index (χ2v) is 13.2. The minimum atomic E-state index is -3.93. The van der Waals surface area contributed by atoms with Crippen LogP contribution in [0.4, 0.5) is 0 Å². The van der Waals surface area contributed by atoms with Gasteiger partial charge in [-0.3, -0.25) is 4.79 Å². The van der Waals surface area contributed by atoms with Crippen molar-refractivity contribution in [2.24, 2.45) is 5.92 Å². The number of nitriles is 1.